The van der Waals surface area contributed by atoms with Crippen LogP contribution in [0, 0.1) is 5.41 Å². The number of likely N-dealkylation sites (tertiary alicyclic amines) is 1. The van der Waals surface area contributed by atoms with Gasteiger partial charge in [0.15, 0.2) is 0 Å². The minimum atomic E-state index is 0.142. The molecule has 0 saturated carbocycles. The lowest BCUT2D eigenvalue weighted by Crippen LogP contribution is -2.40. The maximum absolute atomic E-state index is 7.40. The van der Waals surface area contributed by atoms with Crippen LogP contribution in [0.4, 0.5) is 5.69 Å². The SMILES string of the molecule is N=Cc1cc(OC2CCCN(Cc3ccccc3Cl)C2)ccc1N. The first-order valence-electron chi connectivity index (χ1n) is 8.18. The van der Waals surface area contributed by atoms with Crippen LogP contribution in [0.5, 0.6) is 5.75 Å². The zero-order chi connectivity index (χ0) is 16.9. The average molecular weight is 344 g/mol. The minimum absolute atomic E-state index is 0.142. The fraction of sp³-hybridized carbons (Fsp3) is 0.316. The fourth-order valence-electron chi connectivity index (χ4n) is 3.06. The van der Waals surface area contributed by atoms with Gasteiger partial charge in [-0.1, -0.05) is 29.8 Å². The van der Waals surface area contributed by atoms with Crippen LogP contribution >= 0.6 is 11.6 Å². The number of halogens is 1. The summed E-state index contributed by atoms with van der Waals surface area (Å²) in [6.45, 7) is 2.76. The van der Waals surface area contributed by atoms with Gasteiger partial charge in [0.25, 0.3) is 0 Å². The van der Waals surface area contributed by atoms with Crippen LogP contribution in [0.3, 0.4) is 0 Å². The highest BCUT2D eigenvalue weighted by molar-refractivity contribution is 6.31. The van der Waals surface area contributed by atoms with Crippen molar-refractivity contribution in [3.63, 3.8) is 0 Å². The van der Waals surface area contributed by atoms with Gasteiger partial charge in [0.2, 0.25) is 0 Å². The Balaban J connectivity index is 1.63. The van der Waals surface area contributed by atoms with E-state index in [0.29, 0.717) is 11.3 Å². The van der Waals surface area contributed by atoms with Crippen molar-refractivity contribution in [3.8, 4) is 5.75 Å². The molecular formula is C19H22ClN3O. The van der Waals surface area contributed by atoms with E-state index < -0.39 is 0 Å². The number of nitrogen functional groups attached to an aromatic ring is 1. The lowest BCUT2D eigenvalue weighted by molar-refractivity contribution is 0.0843. The third-order valence-electron chi connectivity index (χ3n) is 4.33. The van der Waals surface area contributed by atoms with Gasteiger partial charge in [-0.15, -0.1) is 0 Å². The molecule has 24 heavy (non-hydrogen) atoms. The molecule has 0 aliphatic carbocycles. The largest absolute Gasteiger partial charge is 0.489 e. The molecule has 1 heterocycles. The van der Waals surface area contributed by atoms with Crippen LogP contribution in [-0.4, -0.2) is 30.3 Å². The van der Waals surface area contributed by atoms with E-state index in [4.69, 9.17) is 27.5 Å². The third kappa shape index (κ3) is 4.08. The molecule has 1 saturated heterocycles. The highest BCUT2D eigenvalue weighted by Crippen LogP contribution is 2.24. The predicted molar refractivity (Wildman–Crippen MR) is 99.1 cm³/mol. The second-order valence-electron chi connectivity index (χ2n) is 6.14. The van der Waals surface area contributed by atoms with Crippen molar-refractivity contribution < 1.29 is 4.74 Å². The van der Waals surface area contributed by atoms with E-state index in [1.807, 2.05) is 30.3 Å². The average Bonchev–Trinajstić information content (AvgIpc) is 2.59. The van der Waals surface area contributed by atoms with Gasteiger partial charge in [0.1, 0.15) is 11.9 Å². The van der Waals surface area contributed by atoms with Crippen LogP contribution in [0.1, 0.15) is 24.0 Å². The second kappa shape index (κ2) is 7.69. The second-order valence-corrected chi connectivity index (χ2v) is 6.55. The first kappa shape index (κ1) is 16.8. The van der Waals surface area contributed by atoms with Gasteiger partial charge in [-0.3, -0.25) is 4.90 Å². The van der Waals surface area contributed by atoms with Gasteiger partial charge < -0.3 is 15.9 Å². The Bertz CT molecular complexity index is 720. The number of nitrogens with zero attached hydrogens (tertiary/aromatic N) is 1. The summed E-state index contributed by atoms with van der Waals surface area (Å²) in [5.41, 5.74) is 8.27. The summed E-state index contributed by atoms with van der Waals surface area (Å²) >= 11 is 6.27. The maximum Gasteiger partial charge on any atom is 0.120 e. The molecule has 1 aliphatic rings. The smallest absolute Gasteiger partial charge is 0.120 e. The number of hydrogen-bond acceptors (Lipinski definition) is 4. The fourth-order valence-corrected chi connectivity index (χ4v) is 3.26. The van der Waals surface area contributed by atoms with E-state index in [0.717, 1.165) is 48.8 Å². The third-order valence-corrected chi connectivity index (χ3v) is 4.70. The van der Waals surface area contributed by atoms with E-state index >= 15 is 0 Å². The van der Waals surface area contributed by atoms with Crippen molar-refractivity contribution in [2.24, 2.45) is 0 Å². The molecule has 3 rings (SSSR count). The number of nitrogens with one attached hydrogen (secondary N) is 1. The molecule has 1 unspecified atom stereocenters. The number of piperidine rings is 1. The molecule has 0 radical (unpaired) electrons. The maximum atomic E-state index is 7.40. The minimum Gasteiger partial charge on any atom is -0.489 e. The summed E-state index contributed by atoms with van der Waals surface area (Å²) in [5, 5.41) is 8.21. The molecule has 0 spiro atoms. The zero-order valence-corrected chi connectivity index (χ0v) is 14.3. The summed E-state index contributed by atoms with van der Waals surface area (Å²) in [6.07, 6.45) is 3.53. The Kier molecular flexibility index (Phi) is 5.38. The summed E-state index contributed by atoms with van der Waals surface area (Å²) < 4.78 is 6.12. The summed E-state index contributed by atoms with van der Waals surface area (Å²) in [4.78, 5) is 2.38. The van der Waals surface area contributed by atoms with Crippen molar-refractivity contribution in [3.05, 3.63) is 58.6 Å². The number of ether oxygens (including phenoxy) is 1. The molecule has 0 aromatic heterocycles. The zero-order valence-electron chi connectivity index (χ0n) is 13.5. The first-order valence-corrected chi connectivity index (χ1v) is 8.56. The first-order chi connectivity index (χ1) is 11.7. The molecule has 0 bridgehead atoms. The Labute approximate surface area is 147 Å². The molecule has 1 aliphatic heterocycles. The predicted octanol–water partition coefficient (Wildman–Crippen LogP) is 3.96. The van der Waals surface area contributed by atoms with Crippen molar-refractivity contribution in [2.75, 3.05) is 18.8 Å². The molecule has 5 heteroatoms. The summed E-state index contributed by atoms with van der Waals surface area (Å²) in [5.74, 6) is 0.771. The van der Waals surface area contributed by atoms with E-state index in [-0.39, 0.29) is 6.10 Å². The van der Waals surface area contributed by atoms with Gasteiger partial charge in [-0.2, -0.15) is 0 Å². The van der Waals surface area contributed by atoms with E-state index in [1.165, 1.54) is 6.21 Å². The number of hydrogen-bond donors (Lipinski definition) is 2. The molecular weight excluding hydrogens is 322 g/mol. The molecule has 2 aromatic rings. The Morgan fingerprint density at radius 1 is 1.29 bits per heavy atom. The van der Waals surface area contributed by atoms with Crippen molar-refractivity contribution >= 4 is 23.5 Å². The standard InChI is InChI=1S/C19H22ClN3O/c20-18-6-2-1-4-14(18)12-23-9-3-5-17(13-23)24-16-7-8-19(22)15(10-16)11-21/h1-2,4,6-8,10-11,17,21H,3,5,9,12-13,22H2. The Hall–Kier alpha value is -2.04. The van der Waals surface area contributed by atoms with Gasteiger partial charge in [-0.05, 0) is 49.2 Å². The lowest BCUT2D eigenvalue weighted by Gasteiger charge is -2.33. The van der Waals surface area contributed by atoms with Crippen LogP contribution in [0.2, 0.25) is 5.02 Å². The quantitative estimate of drug-likeness (QED) is 0.638. The van der Waals surface area contributed by atoms with Gasteiger partial charge in [-0.25, -0.2) is 0 Å². The monoisotopic (exact) mass is 343 g/mol. The van der Waals surface area contributed by atoms with Gasteiger partial charge in [0, 0.05) is 35.6 Å². The van der Waals surface area contributed by atoms with Crippen molar-refractivity contribution in [1.82, 2.24) is 4.90 Å². The highest BCUT2D eigenvalue weighted by atomic mass is 35.5. The van der Waals surface area contributed by atoms with Gasteiger partial charge >= 0.3 is 0 Å². The lowest BCUT2D eigenvalue weighted by atomic mass is 10.1. The molecule has 1 atom stereocenters. The van der Waals surface area contributed by atoms with Crippen LogP contribution in [-0.2, 0) is 6.54 Å². The molecule has 3 N–H and O–H groups in total. The van der Waals surface area contributed by atoms with Crippen LogP contribution in [0.15, 0.2) is 42.5 Å². The normalized spacial score (nSPS) is 18.3. The Morgan fingerprint density at radius 2 is 2.12 bits per heavy atom. The molecule has 1 fully saturated rings. The number of anilines is 1. The van der Waals surface area contributed by atoms with E-state index in [2.05, 4.69) is 11.0 Å². The topological polar surface area (TPSA) is 62.3 Å². The summed E-state index contributed by atoms with van der Waals surface area (Å²) in [6, 6.07) is 13.5. The van der Waals surface area contributed by atoms with Crippen molar-refractivity contribution in [2.45, 2.75) is 25.5 Å². The van der Waals surface area contributed by atoms with Gasteiger partial charge in [0.05, 0.1) is 0 Å². The number of nitrogens with two attached hydrogens (primary N) is 1. The molecule has 2 aromatic carbocycles. The molecule has 0 amide bonds. The van der Waals surface area contributed by atoms with Crippen LogP contribution in [0.25, 0.3) is 0 Å². The highest BCUT2D eigenvalue weighted by Gasteiger charge is 2.22. The van der Waals surface area contributed by atoms with Crippen LogP contribution < -0.4 is 10.5 Å². The Morgan fingerprint density at radius 3 is 2.92 bits per heavy atom. The molecule has 4 nitrogen and oxygen atoms in total. The van der Waals surface area contributed by atoms with Crippen molar-refractivity contribution in [1.29, 1.82) is 5.41 Å². The van der Waals surface area contributed by atoms with E-state index in [9.17, 15) is 0 Å². The number of rotatable bonds is 5. The number of benzene rings is 2. The summed E-state index contributed by atoms with van der Waals surface area (Å²) in [7, 11) is 0. The van der Waals surface area contributed by atoms with E-state index in [1.54, 1.807) is 6.07 Å². The molecule has 126 valence electrons.